The fourth-order valence-corrected chi connectivity index (χ4v) is 2.34. The lowest BCUT2D eigenvalue weighted by Gasteiger charge is -2.07. The summed E-state index contributed by atoms with van der Waals surface area (Å²) in [5, 5.41) is 12.5. The van der Waals surface area contributed by atoms with Crippen LogP contribution in [0.4, 0.5) is 5.69 Å². The van der Waals surface area contributed by atoms with Crippen LogP contribution in [0, 0.1) is 6.92 Å². The molecule has 0 unspecified atom stereocenters. The highest BCUT2D eigenvalue weighted by Gasteiger charge is 2.10. The van der Waals surface area contributed by atoms with Gasteiger partial charge in [-0.2, -0.15) is 0 Å². The largest absolute Gasteiger partial charge is 0.506 e. The zero-order chi connectivity index (χ0) is 16.9. The van der Waals surface area contributed by atoms with E-state index >= 15 is 0 Å². The first kappa shape index (κ1) is 15.8. The molecule has 0 aliphatic carbocycles. The molecule has 0 bridgehead atoms. The van der Waals surface area contributed by atoms with Crippen molar-refractivity contribution in [2.75, 3.05) is 5.32 Å². The summed E-state index contributed by atoms with van der Waals surface area (Å²) in [7, 11) is 0. The van der Waals surface area contributed by atoms with Crippen LogP contribution >= 0.6 is 0 Å². The molecular weight excluding hydrogens is 304 g/mol. The van der Waals surface area contributed by atoms with Gasteiger partial charge in [0, 0.05) is 18.4 Å². The minimum atomic E-state index is -0.200. The van der Waals surface area contributed by atoms with Gasteiger partial charge in [0.2, 0.25) is 5.91 Å². The zero-order valence-electron chi connectivity index (χ0n) is 13.3. The first-order valence-electron chi connectivity index (χ1n) is 7.71. The van der Waals surface area contributed by atoms with Crippen molar-refractivity contribution in [1.29, 1.82) is 0 Å². The summed E-state index contributed by atoms with van der Waals surface area (Å²) in [6.45, 7) is 1.87. The van der Waals surface area contributed by atoms with E-state index in [1.165, 1.54) is 0 Å². The van der Waals surface area contributed by atoms with E-state index in [0.29, 0.717) is 23.8 Å². The molecule has 0 spiro atoms. The molecule has 0 saturated heterocycles. The number of aromatic nitrogens is 1. The average molecular weight is 322 g/mol. The van der Waals surface area contributed by atoms with E-state index in [1.54, 1.807) is 18.3 Å². The fraction of sp³-hybridized carbons (Fsp3) is 0.158. The topological polar surface area (TPSA) is 75.4 Å². The van der Waals surface area contributed by atoms with Crippen molar-refractivity contribution in [3.8, 4) is 17.1 Å². The molecule has 5 heteroatoms. The van der Waals surface area contributed by atoms with Gasteiger partial charge in [0.05, 0.1) is 11.9 Å². The van der Waals surface area contributed by atoms with Crippen molar-refractivity contribution in [2.45, 2.75) is 19.8 Å². The molecule has 0 saturated carbocycles. The SMILES string of the molecule is Cc1ccc(NC(=O)CCc2ncc(-c3ccccc3)o2)c(O)c1. The summed E-state index contributed by atoms with van der Waals surface area (Å²) in [4.78, 5) is 16.2. The number of phenols is 1. The Labute approximate surface area is 140 Å². The monoisotopic (exact) mass is 322 g/mol. The van der Waals surface area contributed by atoms with Gasteiger partial charge in [0.25, 0.3) is 0 Å². The molecule has 3 aromatic rings. The lowest BCUT2D eigenvalue weighted by atomic mass is 10.2. The van der Waals surface area contributed by atoms with Gasteiger partial charge >= 0.3 is 0 Å². The van der Waals surface area contributed by atoms with Crippen LogP contribution in [0.15, 0.2) is 59.1 Å². The minimum Gasteiger partial charge on any atom is -0.506 e. The molecule has 0 fully saturated rings. The number of benzene rings is 2. The third-order valence-electron chi connectivity index (χ3n) is 3.61. The first-order chi connectivity index (χ1) is 11.6. The number of oxazole rings is 1. The zero-order valence-corrected chi connectivity index (χ0v) is 13.3. The standard InChI is InChI=1S/C19H18N2O3/c1-13-7-8-15(16(22)11-13)21-18(23)9-10-19-20-12-17(24-19)14-5-3-2-4-6-14/h2-8,11-12,22H,9-10H2,1H3,(H,21,23). The van der Waals surface area contributed by atoms with Crippen molar-refractivity contribution < 1.29 is 14.3 Å². The van der Waals surface area contributed by atoms with Crippen molar-refractivity contribution in [3.63, 3.8) is 0 Å². The van der Waals surface area contributed by atoms with Gasteiger partial charge in [0.1, 0.15) is 5.75 Å². The maximum absolute atomic E-state index is 12.0. The van der Waals surface area contributed by atoms with Crippen LogP contribution in [0.1, 0.15) is 17.9 Å². The molecule has 1 amide bonds. The van der Waals surface area contributed by atoms with Gasteiger partial charge in [-0.15, -0.1) is 0 Å². The number of anilines is 1. The Balaban J connectivity index is 1.58. The maximum atomic E-state index is 12.0. The van der Waals surface area contributed by atoms with Gasteiger partial charge in [0.15, 0.2) is 11.7 Å². The second-order valence-corrected chi connectivity index (χ2v) is 5.55. The van der Waals surface area contributed by atoms with Crippen LogP contribution in [0.5, 0.6) is 5.75 Å². The van der Waals surface area contributed by atoms with Gasteiger partial charge in [-0.05, 0) is 24.6 Å². The van der Waals surface area contributed by atoms with E-state index in [0.717, 1.165) is 11.1 Å². The first-order valence-corrected chi connectivity index (χ1v) is 7.71. The summed E-state index contributed by atoms with van der Waals surface area (Å²) >= 11 is 0. The van der Waals surface area contributed by atoms with E-state index in [9.17, 15) is 9.90 Å². The molecule has 24 heavy (non-hydrogen) atoms. The number of hydrogen-bond donors (Lipinski definition) is 2. The Kier molecular flexibility index (Phi) is 4.61. The molecule has 2 N–H and O–H groups in total. The maximum Gasteiger partial charge on any atom is 0.224 e. The molecule has 3 rings (SSSR count). The van der Waals surface area contributed by atoms with Gasteiger partial charge in [-0.1, -0.05) is 36.4 Å². The predicted molar refractivity (Wildman–Crippen MR) is 91.7 cm³/mol. The smallest absolute Gasteiger partial charge is 0.224 e. The van der Waals surface area contributed by atoms with Crippen LogP contribution in [0.25, 0.3) is 11.3 Å². The second kappa shape index (κ2) is 7.00. The summed E-state index contributed by atoms with van der Waals surface area (Å²) in [6, 6.07) is 14.8. The molecule has 0 aliphatic rings. The Hall–Kier alpha value is -3.08. The number of aryl methyl sites for hydroxylation is 2. The van der Waals surface area contributed by atoms with E-state index in [-0.39, 0.29) is 18.1 Å². The Bertz CT molecular complexity index is 841. The lowest BCUT2D eigenvalue weighted by molar-refractivity contribution is -0.116. The number of nitrogens with zero attached hydrogens (tertiary/aromatic N) is 1. The van der Waals surface area contributed by atoms with E-state index < -0.39 is 0 Å². The van der Waals surface area contributed by atoms with E-state index in [2.05, 4.69) is 10.3 Å². The average Bonchev–Trinajstić information content (AvgIpc) is 3.05. The molecular formula is C19H18N2O3. The van der Waals surface area contributed by atoms with Gasteiger partial charge in [-0.25, -0.2) is 4.98 Å². The summed E-state index contributed by atoms with van der Waals surface area (Å²) in [5.41, 5.74) is 2.28. The Morgan fingerprint density at radius 2 is 2.00 bits per heavy atom. The molecule has 2 aromatic carbocycles. The molecule has 1 aromatic heterocycles. The molecule has 5 nitrogen and oxygen atoms in total. The fourth-order valence-electron chi connectivity index (χ4n) is 2.34. The third kappa shape index (κ3) is 3.81. The summed E-state index contributed by atoms with van der Waals surface area (Å²) in [5.74, 6) is 1.05. The number of carbonyl (C=O) groups is 1. The van der Waals surface area contributed by atoms with Crippen molar-refractivity contribution in [1.82, 2.24) is 4.98 Å². The Morgan fingerprint density at radius 1 is 1.21 bits per heavy atom. The van der Waals surface area contributed by atoms with Crippen LogP contribution in [0.2, 0.25) is 0 Å². The van der Waals surface area contributed by atoms with Crippen molar-refractivity contribution >= 4 is 11.6 Å². The minimum absolute atomic E-state index is 0.0610. The van der Waals surface area contributed by atoms with Gasteiger partial charge < -0.3 is 14.8 Å². The Morgan fingerprint density at radius 3 is 2.75 bits per heavy atom. The van der Waals surface area contributed by atoms with Crippen LogP contribution in [-0.4, -0.2) is 16.0 Å². The molecule has 0 atom stereocenters. The summed E-state index contributed by atoms with van der Waals surface area (Å²) in [6.07, 6.45) is 2.28. The predicted octanol–water partition coefficient (Wildman–Crippen LogP) is 3.93. The number of carbonyl (C=O) groups excluding carboxylic acids is 1. The number of hydrogen-bond acceptors (Lipinski definition) is 4. The molecule has 0 aliphatic heterocycles. The van der Waals surface area contributed by atoms with Crippen LogP contribution in [-0.2, 0) is 11.2 Å². The van der Waals surface area contributed by atoms with Crippen molar-refractivity contribution in [2.24, 2.45) is 0 Å². The highest BCUT2D eigenvalue weighted by atomic mass is 16.4. The molecule has 122 valence electrons. The highest BCUT2D eigenvalue weighted by molar-refractivity contribution is 5.92. The van der Waals surface area contributed by atoms with Crippen molar-refractivity contribution in [3.05, 3.63) is 66.2 Å². The quantitative estimate of drug-likeness (QED) is 0.698. The third-order valence-corrected chi connectivity index (χ3v) is 3.61. The normalized spacial score (nSPS) is 10.5. The van der Waals surface area contributed by atoms with E-state index in [1.807, 2.05) is 43.3 Å². The van der Waals surface area contributed by atoms with Crippen LogP contribution < -0.4 is 5.32 Å². The van der Waals surface area contributed by atoms with Crippen LogP contribution in [0.3, 0.4) is 0 Å². The molecule has 0 radical (unpaired) electrons. The number of rotatable bonds is 5. The number of phenolic OH excluding ortho intramolecular Hbond substituents is 1. The molecule has 1 heterocycles. The van der Waals surface area contributed by atoms with Gasteiger partial charge in [-0.3, -0.25) is 4.79 Å². The number of nitrogens with one attached hydrogen (secondary N) is 1. The number of aromatic hydroxyl groups is 1. The highest BCUT2D eigenvalue weighted by Crippen LogP contribution is 2.24. The second-order valence-electron chi connectivity index (χ2n) is 5.55. The van der Waals surface area contributed by atoms with E-state index in [4.69, 9.17) is 4.42 Å². The number of amides is 1. The lowest BCUT2D eigenvalue weighted by Crippen LogP contribution is -2.12. The summed E-state index contributed by atoms with van der Waals surface area (Å²) < 4.78 is 5.67.